The zero-order chi connectivity index (χ0) is 19.9. The second-order valence-electron chi connectivity index (χ2n) is 6.60. The summed E-state index contributed by atoms with van der Waals surface area (Å²) in [6, 6.07) is 7.50. The number of hydrogen-bond donors (Lipinski definition) is 0. The molecule has 1 atom stereocenters. The van der Waals surface area contributed by atoms with Crippen molar-refractivity contribution in [2.24, 2.45) is 0 Å². The first-order valence-corrected chi connectivity index (χ1v) is 10.5. The van der Waals surface area contributed by atoms with E-state index in [9.17, 15) is 9.59 Å². The summed E-state index contributed by atoms with van der Waals surface area (Å²) in [5.74, 6) is -0.407. The van der Waals surface area contributed by atoms with Crippen molar-refractivity contribution in [3.8, 4) is 10.6 Å². The third-order valence-corrected chi connectivity index (χ3v) is 5.86. The van der Waals surface area contributed by atoms with Crippen LogP contribution in [0.1, 0.15) is 25.0 Å². The van der Waals surface area contributed by atoms with Crippen LogP contribution >= 0.6 is 22.9 Å². The van der Waals surface area contributed by atoms with E-state index in [2.05, 4.69) is 4.98 Å². The molecule has 1 aliphatic heterocycles. The maximum absolute atomic E-state index is 12.9. The molecule has 1 unspecified atom stereocenters. The Balaban J connectivity index is 1.66. The van der Waals surface area contributed by atoms with Gasteiger partial charge in [-0.15, -0.1) is 11.3 Å². The minimum Gasteiger partial charge on any atom is -0.469 e. The van der Waals surface area contributed by atoms with E-state index in [4.69, 9.17) is 21.1 Å². The lowest BCUT2D eigenvalue weighted by molar-refractivity contribution is -0.142. The van der Waals surface area contributed by atoms with Crippen LogP contribution in [0.15, 0.2) is 29.6 Å². The molecule has 1 aromatic carbocycles. The molecule has 0 spiro atoms. The van der Waals surface area contributed by atoms with Crippen molar-refractivity contribution in [1.29, 1.82) is 0 Å². The predicted octanol–water partition coefficient (Wildman–Crippen LogP) is 3.58. The maximum Gasteiger partial charge on any atom is 0.307 e. The van der Waals surface area contributed by atoms with Crippen molar-refractivity contribution in [2.45, 2.75) is 31.8 Å². The highest BCUT2D eigenvalue weighted by molar-refractivity contribution is 7.13. The average molecular weight is 423 g/mol. The number of carbonyl (C=O) groups excluding carboxylic acids is 2. The van der Waals surface area contributed by atoms with Gasteiger partial charge in [-0.1, -0.05) is 29.8 Å². The zero-order valence-electron chi connectivity index (χ0n) is 15.7. The Kier molecular flexibility index (Phi) is 7.42. The molecule has 8 heteroatoms. The summed E-state index contributed by atoms with van der Waals surface area (Å²) in [6.07, 6.45) is 2.29. The van der Waals surface area contributed by atoms with Crippen LogP contribution in [-0.4, -0.2) is 54.7 Å². The largest absolute Gasteiger partial charge is 0.469 e. The smallest absolute Gasteiger partial charge is 0.307 e. The van der Waals surface area contributed by atoms with Gasteiger partial charge >= 0.3 is 5.97 Å². The second-order valence-corrected chi connectivity index (χ2v) is 7.87. The third kappa shape index (κ3) is 5.53. The van der Waals surface area contributed by atoms with Gasteiger partial charge in [-0.25, -0.2) is 4.98 Å². The Morgan fingerprint density at radius 1 is 1.39 bits per heavy atom. The fraction of sp³-hybridized carbons (Fsp3) is 0.450. The van der Waals surface area contributed by atoms with E-state index in [1.807, 2.05) is 29.6 Å². The second kappa shape index (κ2) is 10.0. The highest BCUT2D eigenvalue weighted by Crippen LogP contribution is 2.30. The molecule has 3 rings (SSSR count). The van der Waals surface area contributed by atoms with Crippen LogP contribution in [0.25, 0.3) is 10.6 Å². The molecule has 1 saturated heterocycles. The van der Waals surface area contributed by atoms with E-state index < -0.39 is 0 Å². The topological polar surface area (TPSA) is 68.7 Å². The van der Waals surface area contributed by atoms with Crippen LogP contribution in [-0.2, 0) is 25.5 Å². The van der Waals surface area contributed by atoms with E-state index >= 15 is 0 Å². The van der Waals surface area contributed by atoms with Crippen LogP contribution in [0.4, 0.5) is 0 Å². The number of ether oxygens (including phenoxy) is 2. The first-order valence-electron chi connectivity index (χ1n) is 9.22. The number of methoxy groups -OCH3 is 1. The Morgan fingerprint density at radius 3 is 2.93 bits per heavy atom. The summed E-state index contributed by atoms with van der Waals surface area (Å²) >= 11 is 7.70. The first kappa shape index (κ1) is 20.8. The molecule has 0 aliphatic carbocycles. The molecule has 2 aromatic rings. The lowest BCUT2D eigenvalue weighted by atomic mass is 10.2. The van der Waals surface area contributed by atoms with E-state index in [-0.39, 0.29) is 30.8 Å². The van der Waals surface area contributed by atoms with Gasteiger partial charge in [-0.3, -0.25) is 9.59 Å². The van der Waals surface area contributed by atoms with Crippen LogP contribution in [0.3, 0.4) is 0 Å². The monoisotopic (exact) mass is 422 g/mol. The quantitative estimate of drug-likeness (QED) is 0.608. The summed E-state index contributed by atoms with van der Waals surface area (Å²) in [5.41, 5.74) is 1.55. The SMILES string of the molecule is COC(=O)CCN(CC1CCCO1)C(=O)Cc1csc(-c2ccccc2Cl)n1. The van der Waals surface area contributed by atoms with Crippen LogP contribution < -0.4 is 0 Å². The number of esters is 1. The Morgan fingerprint density at radius 2 is 2.21 bits per heavy atom. The Bertz CT molecular complexity index is 820. The third-order valence-electron chi connectivity index (χ3n) is 4.60. The highest BCUT2D eigenvalue weighted by atomic mass is 35.5. The normalized spacial score (nSPS) is 16.1. The number of aromatic nitrogens is 1. The lowest BCUT2D eigenvalue weighted by Gasteiger charge is -2.25. The number of carbonyl (C=O) groups is 2. The summed E-state index contributed by atoms with van der Waals surface area (Å²) in [6.45, 7) is 1.52. The minimum atomic E-state index is -0.334. The molecule has 1 aromatic heterocycles. The van der Waals surface area contributed by atoms with E-state index in [1.54, 1.807) is 4.90 Å². The van der Waals surface area contributed by atoms with Crippen molar-refractivity contribution in [3.05, 3.63) is 40.4 Å². The number of halogens is 1. The number of rotatable bonds is 8. The minimum absolute atomic E-state index is 0.0238. The maximum atomic E-state index is 12.9. The summed E-state index contributed by atoms with van der Waals surface area (Å²) in [7, 11) is 1.35. The first-order chi connectivity index (χ1) is 13.6. The van der Waals surface area contributed by atoms with Gasteiger partial charge in [0.2, 0.25) is 5.91 Å². The summed E-state index contributed by atoms with van der Waals surface area (Å²) in [4.78, 5) is 30.6. The van der Waals surface area contributed by atoms with Crippen molar-refractivity contribution in [2.75, 3.05) is 26.8 Å². The van der Waals surface area contributed by atoms with Gasteiger partial charge in [0, 0.05) is 30.6 Å². The Hall–Kier alpha value is -1.96. The fourth-order valence-corrected chi connectivity index (χ4v) is 4.23. The standard InChI is InChI=1S/C20H23ClN2O4S/c1-26-19(25)8-9-23(12-15-5-4-10-27-15)18(24)11-14-13-28-20(22-14)16-6-2-3-7-17(16)21/h2-3,6-7,13,15H,4-5,8-12H2,1H3. The van der Waals surface area contributed by atoms with E-state index in [1.165, 1.54) is 18.4 Å². The number of hydrogen-bond acceptors (Lipinski definition) is 6. The van der Waals surface area contributed by atoms with Crippen molar-refractivity contribution in [1.82, 2.24) is 9.88 Å². The van der Waals surface area contributed by atoms with Gasteiger partial charge in [-0.2, -0.15) is 0 Å². The molecular weight excluding hydrogens is 400 g/mol. The van der Waals surface area contributed by atoms with Crippen LogP contribution in [0, 0.1) is 0 Å². The molecule has 2 heterocycles. The van der Waals surface area contributed by atoms with E-state index in [0.29, 0.717) is 23.8 Å². The van der Waals surface area contributed by atoms with Crippen LogP contribution in [0.2, 0.25) is 5.02 Å². The number of benzene rings is 1. The fourth-order valence-electron chi connectivity index (χ4n) is 3.09. The van der Waals surface area contributed by atoms with Crippen molar-refractivity contribution >= 4 is 34.8 Å². The summed E-state index contributed by atoms with van der Waals surface area (Å²) < 4.78 is 10.4. The molecule has 1 amide bonds. The van der Waals surface area contributed by atoms with Crippen molar-refractivity contribution < 1.29 is 19.1 Å². The molecule has 0 radical (unpaired) electrons. The van der Waals surface area contributed by atoms with Crippen LogP contribution in [0.5, 0.6) is 0 Å². The average Bonchev–Trinajstić information content (AvgIpc) is 3.37. The van der Waals surface area contributed by atoms with Gasteiger partial charge in [-0.05, 0) is 18.9 Å². The molecule has 6 nitrogen and oxygen atoms in total. The highest BCUT2D eigenvalue weighted by Gasteiger charge is 2.24. The van der Waals surface area contributed by atoms with Gasteiger partial charge in [0.1, 0.15) is 5.01 Å². The van der Waals surface area contributed by atoms with Gasteiger partial charge in [0.05, 0.1) is 36.8 Å². The molecule has 1 fully saturated rings. The van der Waals surface area contributed by atoms with Gasteiger partial charge in [0.15, 0.2) is 0 Å². The molecule has 0 bridgehead atoms. The van der Waals surface area contributed by atoms with E-state index in [0.717, 1.165) is 30.0 Å². The number of amides is 1. The molecule has 1 aliphatic rings. The van der Waals surface area contributed by atoms with Gasteiger partial charge in [0.25, 0.3) is 0 Å². The Labute approximate surface area is 173 Å². The summed E-state index contributed by atoms with van der Waals surface area (Å²) in [5, 5.41) is 3.29. The predicted molar refractivity (Wildman–Crippen MR) is 108 cm³/mol. The molecular formula is C20H23ClN2O4S. The van der Waals surface area contributed by atoms with Gasteiger partial charge < -0.3 is 14.4 Å². The lowest BCUT2D eigenvalue weighted by Crippen LogP contribution is -2.39. The number of nitrogens with zero attached hydrogens (tertiary/aromatic N) is 2. The molecule has 28 heavy (non-hydrogen) atoms. The molecule has 150 valence electrons. The molecule has 0 saturated carbocycles. The van der Waals surface area contributed by atoms with Crippen molar-refractivity contribution in [3.63, 3.8) is 0 Å². The molecule has 0 N–H and O–H groups in total. The zero-order valence-corrected chi connectivity index (χ0v) is 17.3. The number of thiazole rings is 1.